The van der Waals surface area contributed by atoms with Crippen LogP contribution in [-0.4, -0.2) is 56.5 Å². The molecule has 0 saturated heterocycles. The zero-order valence-corrected chi connectivity index (χ0v) is 28.8. The van der Waals surface area contributed by atoms with Crippen molar-refractivity contribution in [2.24, 2.45) is 5.10 Å². The summed E-state index contributed by atoms with van der Waals surface area (Å²) >= 11 is 18.8. The lowest BCUT2D eigenvalue weighted by Crippen LogP contribution is -2.45. The van der Waals surface area contributed by atoms with Gasteiger partial charge in [-0.1, -0.05) is 46.9 Å². The van der Waals surface area contributed by atoms with Gasteiger partial charge in [0.05, 0.1) is 43.2 Å². The van der Waals surface area contributed by atoms with Crippen LogP contribution in [0.3, 0.4) is 0 Å². The Labute approximate surface area is 292 Å². The first-order chi connectivity index (χ1) is 23.0. The molecule has 15 heteroatoms. The molecule has 0 aromatic heterocycles. The predicted molar refractivity (Wildman–Crippen MR) is 182 cm³/mol. The average molecular weight is 722 g/mol. The third-order valence-corrected chi connectivity index (χ3v) is 7.70. The summed E-state index contributed by atoms with van der Waals surface area (Å²) in [4.78, 5) is 24.7. The Morgan fingerprint density at radius 3 is 2.44 bits per heavy atom. The van der Waals surface area contributed by atoms with Crippen molar-refractivity contribution in [3.8, 4) is 23.0 Å². The Kier molecular flexibility index (Phi) is 13.0. The van der Waals surface area contributed by atoms with Crippen molar-refractivity contribution in [3.05, 3.63) is 91.6 Å². The number of hydrogen-bond donors (Lipinski definition) is 4. The van der Waals surface area contributed by atoms with Crippen LogP contribution in [0.4, 0.5) is 4.79 Å². The van der Waals surface area contributed by atoms with E-state index in [0.29, 0.717) is 63.1 Å². The first kappa shape index (κ1) is 36.5. The van der Waals surface area contributed by atoms with Crippen molar-refractivity contribution in [2.75, 3.05) is 26.9 Å². The number of ether oxygens (including phenoxy) is 5. The highest BCUT2D eigenvalue weighted by atomic mass is 35.5. The lowest BCUT2D eigenvalue weighted by molar-refractivity contribution is -0.136. The number of carbonyl (C=O) groups is 2. The van der Waals surface area contributed by atoms with Gasteiger partial charge in [0.2, 0.25) is 0 Å². The van der Waals surface area contributed by atoms with Gasteiger partial charge >= 0.3 is 12.0 Å². The summed E-state index contributed by atoms with van der Waals surface area (Å²) in [5, 5.41) is 21.2. The minimum absolute atomic E-state index is 0.143. The number of carbonyl (C=O) groups excluding carboxylic acids is 2. The van der Waals surface area contributed by atoms with Crippen molar-refractivity contribution < 1.29 is 38.4 Å². The summed E-state index contributed by atoms with van der Waals surface area (Å²) in [6, 6.07) is 12.2. The first-order valence-corrected chi connectivity index (χ1v) is 15.9. The van der Waals surface area contributed by atoms with Gasteiger partial charge < -0.3 is 39.4 Å². The first-order valence-electron chi connectivity index (χ1n) is 14.8. The molecule has 3 aromatic rings. The van der Waals surface area contributed by atoms with E-state index >= 15 is 0 Å². The number of rotatable bonds is 15. The summed E-state index contributed by atoms with van der Waals surface area (Å²) in [5.41, 5.74) is 5.11. The van der Waals surface area contributed by atoms with Crippen LogP contribution >= 0.6 is 34.8 Å². The summed E-state index contributed by atoms with van der Waals surface area (Å²) in [6.45, 7) is 5.88. The fourth-order valence-electron chi connectivity index (χ4n) is 4.67. The topological polar surface area (TPSA) is 149 Å². The Balaban J connectivity index is 1.40. The van der Waals surface area contributed by atoms with Crippen LogP contribution in [0.25, 0.3) is 0 Å². The van der Waals surface area contributed by atoms with Crippen molar-refractivity contribution >= 4 is 53.0 Å². The minimum atomic E-state index is -1.20. The molecule has 0 saturated carbocycles. The van der Waals surface area contributed by atoms with E-state index in [2.05, 4.69) is 21.2 Å². The molecule has 0 bridgehead atoms. The van der Waals surface area contributed by atoms with Gasteiger partial charge in [0.15, 0.2) is 29.2 Å². The zero-order chi connectivity index (χ0) is 34.8. The Bertz CT molecular complexity index is 1700. The normalized spacial score (nSPS) is 15.0. The molecule has 2 atom stereocenters. The van der Waals surface area contributed by atoms with Crippen LogP contribution in [0.15, 0.2) is 64.9 Å². The molecule has 1 aliphatic rings. The number of benzene rings is 3. The van der Waals surface area contributed by atoms with Gasteiger partial charge in [-0.3, -0.25) is 5.43 Å². The second-order valence-corrected chi connectivity index (χ2v) is 11.5. The van der Waals surface area contributed by atoms with E-state index in [4.69, 9.17) is 58.5 Å². The molecule has 0 spiro atoms. The summed E-state index contributed by atoms with van der Waals surface area (Å²) < 4.78 is 28.2. The average Bonchev–Trinajstić information content (AvgIpc) is 3.04. The van der Waals surface area contributed by atoms with Crippen molar-refractivity contribution in [1.82, 2.24) is 16.1 Å². The predicted octanol–water partition coefficient (Wildman–Crippen LogP) is 6.15. The molecule has 3 aromatic carbocycles. The summed E-state index contributed by atoms with van der Waals surface area (Å²) in [6.07, 6.45) is 0.253. The number of halogens is 3. The number of esters is 1. The van der Waals surface area contributed by atoms with Crippen LogP contribution < -0.4 is 35.0 Å². The fourth-order valence-corrected chi connectivity index (χ4v) is 5.41. The van der Waals surface area contributed by atoms with E-state index in [1.54, 1.807) is 62.4 Å². The number of nitrogens with zero attached hydrogens (tertiary/aromatic N) is 1. The molecule has 4 N–H and O–H groups in total. The highest BCUT2D eigenvalue weighted by molar-refractivity contribution is 6.35. The second kappa shape index (κ2) is 17.2. The van der Waals surface area contributed by atoms with Crippen LogP contribution in [0, 0.1) is 0 Å². The van der Waals surface area contributed by atoms with Crippen LogP contribution in [0.5, 0.6) is 23.0 Å². The van der Waals surface area contributed by atoms with E-state index in [-0.39, 0.29) is 23.8 Å². The number of aliphatic hydroxyl groups is 1. The lowest BCUT2D eigenvalue weighted by Gasteiger charge is -2.28. The van der Waals surface area contributed by atoms with Crippen LogP contribution in [-0.2, 0) is 16.1 Å². The molecular formula is C33H35Cl3N4O8. The molecule has 12 nitrogen and oxygen atoms in total. The highest BCUT2D eigenvalue weighted by Gasteiger charge is 2.32. The standard InChI is InChI=1S/C33H35Cl3N4O8/c1-5-45-26-13-20(30-29(32(42)44-4)18(3)38-33(43)39-30)8-10-25(26)47-17-28(41)40-37-15-19-11-24(36)31(27(12-19)46-6-2)48-16-21-7-9-22(34)14-23(21)35/h7-15,28,30,40-41H,5-6,16-17H2,1-4H3,(H2,38,39,43)/b37-15-/t28-,30-/m0/s1. The van der Waals surface area contributed by atoms with E-state index in [1.165, 1.54) is 13.3 Å². The molecule has 256 valence electrons. The molecule has 1 aliphatic heterocycles. The molecule has 1 heterocycles. The van der Waals surface area contributed by atoms with Gasteiger partial charge in [-0.25, -0.2) is 9.59 Å². The maximum Gasteiger partial charge on any atom is 0.337 e. The lowest BCUT2D eigenvalue weighted by atomic mass is 9.95. The number of hydrogen-bond acceptors (Lipinski definition) is 10. The van der Waals surface area contributed by atoms with Gasteiger partial charge in [-0.15, -0.1) is 0 Å². The van der Waals surface area contributed by atoms with Crippen molar-refractivity contribution in [2.45, 2.75) is 39.6 Å². The van der Waals surface area contributed by atoms with Gasteiger partial charge in [-0.05, 0) is 68.3 Å². The molecule has 0 unspecified atom stereocenters. The van der Waals surface area contributed by atoms with E-state index in [9.17, 15) is 14.7 Å². The molecule has 48 heavy (non-hydrogen) atoms. The SMILES string of the molecule is CCOc1cc([C@@H]2NC(=O)NC(C)=C2C(=O)OC)ccc1OC[C@H](O)N/N=C\c1cc(Cl)c(OCc2ccc(Cl)cc2Cl)c(OCC)c1. The largest absolute Gasteiger partial charge is 0.490 e. The number of urea groups is 1. The van der Waals surface area contributed by atoms with Gasteiger partial charge in [0, 0.05) is 21.3 Å². The zero-order valence-electron chi connectivity index (χ0n) is 26.6. The number of methoxy groups -OCH3 is 1. The molecule has 2 amide bonds. The Hall–Kier alpha value is -4.36. The molecule has 4 rings (SSSR count). The van der Waals surface area contributed by atoms with Gasteiger partial charge in [0.1, 0.15) is 13.2 Å². The van der Waals surface area contributed by atoms with E-state index < -0.39 is 24.3 Å². The monoisotopic (exact) mass is 720 g/mol. The minimum Gasteiger partial charge on any atom is -0.490 e. The molecule has 0 radical (unpaired) electrons. The van der Waals surface area contributed by atoms with Crippen molar-refractivity contribution in [1.29, 1.82) is 0 Å². The van der Waals surface area contributed by atoms with Gasteiger partial charge in [0.25, 0.3) is 0 Å². The maximum atomic E-state index is 12.5. The van der Waals surface area contributed by atoms with Crippen LogP contribution in [0.1, 0.15) is 43.5 Å². The Morgan fingerprint density at radius 1 is 0.979 bits per heavy atom. The van der Waals surface area contributed by atoms with Gasteiger partial charge in [-0.2, -0.15) is 5.10 Å². The summed E-state index contributed by atoms with van der Waals surface area (Å²) in [7, 11) is 1.27. The number of hydrazone groups is 1. The van der Waals surface area contributed by atoms with Crippen LogP contribution in [0.2, 0.25) is 15.1 Å². The van der Waals surface area contributed by atoms with Crippen molar-refractivity contribution in [3.63, 3.8) is 0 Å². The quantitative estimate of drug-likeness (QED) is 0.0628. The van der Waals surface area contributed by atoms with E-state index in [0.717, 1.165) is 5.56 Å². The fraction of sp³-hybridized carbons (Fsp3) is 0.303. The maximum absolute atomic E-state index is 12.5. The third-order valence-electron chi connectivity index (χ3n) is 6.83. The molecule has 0 aliphatic carbocycles. The second-order valence-electron chi connectivity index (χ2n) is 10.2. The van der Waals surface area contributed by atoms with E-state index in [1.807, 2.05) is 6.92 Å². The number of amides is 2. The number of aliphatic hydroxyl groups excluding tert-OH is 1. The Morgan fingerprint density at radius 2 is 1.73 bits per heavy atom. The highest BCUT2D eigenvalue weighted by Crippen LogP contribution is 2.38. The molecule has 0 fully saturated rings. The number of allylic oxidation sites excluding steroid dienone is 1. The molecular weight excluding hydrogens is 687 g/mol. The third kappa shape index (κ3) is 9.38. The number of nitrogens with one attached hydrogen (secondary N) is 3. The summed E-state index contributed by atoms with van der Waals surface area (Å²) in [5.74, 6) is 0.835. The smallest absolute Gasteiger partial charge is 0.337 e.